The highest BCUT2D eigenvalue weighted by atomic mass is 19.2. The largest absolute Gasteiger partial charge is 0.478 e. The van der Waals surface area contributed by atoms with E-state index in [0.717, 1.165) is 81.3 Å². The third-order valence-corrected chi connectivity index (χ3v) is 9.34. The molecule has 0 saturated carbocycles. The Morgan fingerprint density at radius 2 is 1.61 bits per heavy atom. The Morgan fingerprint density at radius 3 is 2.29 bits per heavy atom. The Hall–Kier alpha value is -3.61. The van der Waals surface area contributed by atoms with E-state index in [1.807, 2.05) is 24.3 Å². The number of allylic oxidation sites excluding steroid dienone is 5. The Labute approximate surface area is 239 Å². The van der Waals surface area contributed by atoms with Crippen molar-refractivity contribution in [1.82, 2.24) is 0 Å². The summed E-state index contributed by atoms with van der Waals surface area (Å²) in [6, 6.07) is 6.01. The Kier molecular flexibility index (Phi) is 6.95. The number of carboxylic acid groups (broad SMARTS) is 1. The third kappa shape index (κ3) is 4.45. The van der Waals surface area contributed by atoms with Crippen LogP contribution < -0.4 is 4.90 Å². The minimum Gasteiger partial charge on any atom is -0.478 e. The zero-order valence-electron chi connectivity index (χ0n) is 23.9. The molecule has 2 saturated heterocycles. The first-order valence-corrected chi connectivity index (χ1v) is 14.7. The molecule has 2 heterocycles. The van der Waals surface area contributed by atoms with Gasteiger partial charge in [-0.3, -0.25) is 0 Å². The lowest BCUT2D eigenvalue weighted by Gasteiger charge is -2.40. The number of carboxylic acids is 1. The average molecular weight is 562 g/mol. The number of nitrogens with zero attached hydrogens (tertiary/aromatic N) is 2. The SMILES string of the molecule is Cc1c(F)c(F)c(C(=O)O)c(C2=C3C=CC(=[N+]4CCCCC4)C=C3C(C)(C)c3cc(N4CCCCC4)ccc32)c1F. The van der Waals surface area contributed by atoms with E-state index in [0.29, 0.717) is 16.7 Å². The molecule has 0 radical (unpaired) electrons. The van der Waals surface area contributed by atoms with Crippen molar-refractivity contribution in [1.29, 1.82) is 0 Å². The van der Waals surface area contributed by atoms with Crippen molar-refractivity contribution in [3.05, 3.63) is 92.8 Å². The summed E-state index contributed by atoms with van der Waals surface area (Å²) in [7, 11) is 0. The number of rotatable bonds is 3. The molecule has 41 heavy (non-hydrogen) atoms. The zero-order chi connectivity index (χ0) is 29.1. The van der Waals surface area contributed by atoms with Crippen LogP contribution in [0.4, 0.5) is 18.9 Å². The van der Waals surface area contributed by atoms with E-state index in [2.05, 4.69) is 35.5 Å². The highest BCUT2D eigenvalue weighted by Gasteiger charge is 2.42. The number of fused-ring (bicyclic) bond motifs is 2. The minimum absolute atomic E-state index is 0.293. The van der Waals surface area contributed by atoms with Crippen LogP contribution >= 0.6 is 0 Å². The normalized spacial score (nSPS) is 20.1. The van der Waals surface area contributed by atoms with E-state index in [1.165, 1.54) is 12.8 Å². The van der Waals surface area contributed by atoms with E-state index < -0.39 is 45.5 Å². The summed E-state index contributed by atoms with van der Waals surface area (Å²) >= 11 is 0. The van der Waals surface area contributed by atoms with Gasteiger partial charge in [0.05, 0.1) is 0 Å². The highest BCUT2D eigenvalue weighted by molar-refractivity contribution is 6.08. The second kappa shape index (κ2) is 10.3. The molecule has 2 aliphatic carbocycles. The van der Waals surface area contributed by atoms with Crippen molar-refractivity contribution >= 4 is 22.9 Å². The molecule has 6 rings (SSSR count). The first-order valence-electron chi connectivity index (χ1n) is 14.7. The van der Waals surface area contributed by atoms with Gasteiger partial charge in [0, 0.05) is 65.9 Å². The van der Waals surface area contributed by atoms with E-state index in [-0.39, 0.29) is 0 Å². The molecule has 7 heteroatoms. The monoisotopic (exact) mass is 561 g/mol. The first kappa shape index (κ1) is 27.6. The van der Waals surface area contributed by atoms with Gasteiger partial charge in [-0.2, -0.15) is 0 Å². The summed E-state index contributed by atoms with van der Waals surface area (Å²) in [6.07, 6.45) is 12.9. The van der Waals surface area contributed by atoms with Crippen molar-refractivity contribution in [2.24, 2.45) is 0 Å². The van der Waals surface area contributed by atoms with Crippen LogP contribution in [0.5, 0.6) is 0 Å². The van der Waals surface area contributed by atoms with Crippen LogP contribution in [0.1, 0.15) is 85.0 Å². The summed E-state index contributed by atoms with van der Waals surface area (Å²) < 4.78 is 48.4. The first-order chi connectivity index (χ1) is 19.6. The molecule has 4 aliphatic rings. The molecule has 0 spiro atoms. The molecule has 0 atom stereocenters. The van der Waals surface area contributed by atoms with Gasteiger partial charge in [-0.15, -0.1) is 0 Å². The van der Waals surface area contributed by atoms with Crippen LogP contribution in [0.3, 0.4) is 0 Å². The molecular formula is C34H36F3N2O2+. The Bertz CT molecular complexity index is 1580. The Morgan fingerprint density at radius 1 is 0.927 bits per heavy atom. The van der Waals surface area contributed by atoms with Gasteiger partial charge in [0.2, 0.25) is 0 Å². The van der Waals surface area contributed by atoms with E-state index in [1.54, 1.807) is 0 Å². The molecule has 2 fully saturated rings. The number of anilines is 1. The fourth-order valence-corrected chi connectivity index (χ4v) is 7.01. The predicted octanol–water partition coefficient (Wildman–Crippen LogP) is 7.33. The molecule has 1 N–H and O–H groups in total. The van der Waals surface area contributed by atoms with Crippen LogP contribution in [-0.4, -0.2) is 47.5 Å². The molecule has 0 aromatic heterocycles. The minimum atomic E-state index is -1.70. The quantitative estimate of drug-likeness (QED) is 0.315. The molecule has 0 bridgehead atoms. The molecular weight excluding hydrogens is 525 g/mol. The van der Waals surface area contributed by atoms with Gasteiger partial charge in [-0.05, 0) is 73.1 Å². The van der Waals surface area contributed by atoms with Gasteiger partial charge in [0.1, 0.15) is 24.5 Å². The van der Waals surface area contributed by atoms with E-state index in [9.17, 15) is 14.3 Å². The lowest BCUT2D eigenvalue weighted by atomic mass is 9.64. The van der Waals surface area contributed by atoms with Crippen molar-refractivity contribution in [3.63, 3.8) is 0 Å². The standard InChI is InChI=1S/C34H35F3N2O2/c1-20-30(35)28(29(33(40)41)32(37)31(20)36)27-23-12-10-21(38-14-6-4-7-15-38)18-25(23)34(2,3)26-19-22(11-13-24(26)27)39-16-8-5-9-17-39/h10-13,18-19H,4-9,14-17H2,1-3H3/p+1. The van der Waals surface area contributed by atoms with Gasteiger partial charge < -0.3 is 10.0 Å². The second-order valence-corrected chi connectivity index (χ2v) is 12.2. The van der Waals surface area contributed by atoms with Crippen molar-refractivity contribution in [2.75, 3.05) is 31.1 Å². The molecule has 0 amide bonds. The van der Waals surface area contributed by atoms with Crippen LogP contribution in [0.25, 0.3) is 5.57 Å². The fourth-order valence-electron chi connectivity index (χ4n) is 7.01. The molecule has 2 aliphatic heterocycles. The summed E-state index contributed by atoms with van der Waals surface area (Å²) in [4.78, 5) is 14.7. The van der Waals surface area contributed by atoms with Gasteiger partial charge in [0.15, 0.2) is 17.3 Å². The van der Waals surface area contributed by atoms with Crippen molar-refractivity contribution < 1.29 is 27.6 Å². The molecule has 2 aromatic rings. The smallest absolute Gasteiger partial charge is 0.339 e. The molecule has 214 valence electrons. The van der Waals surface area contributed by atoms with Crippen LogP contribution in [0, 0.1) is 24.4 Å². The molecule has 0 unspecified atom stereocenters. The maximum atomic E-state index is 16.1. The summed E-state index contributed by atoms with van der Waals surface area (Å²) in [5.41, 5.74) is 3.11. The lowest BCUT2D eigenvalue weighted by Crippen LogP contribution is -2.34. The fraction of sp³-hybridized carbons (Fsp3) is 0.412. The number of aromatic carboxylic acids is 1. The lowest BCUT2D eigenvalue weighted by molar-refractivity contribution is -0.535. The van der Waals surface area contributed by atoms with E-state index in [4.69, 9.17) is 0 Å². The molecule has 2 aromatic carbocycles. The van der Waals surface area contributed by atoms with Crippen molar-refractivity contribution in [2.45, 2.75) is 64.7 Å². The van der Waals surface area contributed by atoms with Crippen LogP contribution in [0.2, 0.25) is 0 Å². The maximum Gasteiger partial charge on any atom is 0.339 e. The summed E-state index contributed by atoms with van der Waals surface area (Å²) in [6.45, 7) is 9.21. The molecule has 4 nitrogen and oxygen atoms in total. The summed E-state index contributed by atoms with van der Waals surface area (Å²) in [5, 5.41) is 10.0. The van der Waals surface area contributed by atoms with Gasteiger partial charge in [-0.1, -0.05) is 19.9 Å². The predicted molar refractivity (Wildman–Crippen MR) is 156 cm³/mol. The zero-order valence-corrected chi connectivity index (χ0v) is 23.9. The van der Waals surface area contributed by atoms with Crippen LogP contribution in [-0.2, 0) is 5.41 Å². The van der Waals surface area contributed by atoms with Gasteiger partial charge >= 0.3 is 5.97 Å². The Balaban J connectivity index is 1.67. The van der Waals surface area contributed by atoms with Crippen molar-refractivity contribution in [3.8, 4) is 0 Å². The van der Waals surface area contributed by atoms with Crippen LogP contribution in [0.15, 0.2) is 47.6 Å². The number of halogens is 3. The number of benzene rings is 2. The maximum absolute atomic E-state index is 16.1. The third-order valence-electron chi connectivity index (χ3n) is 9.34. The number of hydrogen-bond donors (Lipinski definition) is 1. The number of hydrogen-bond acceptors (Lipinski definition) is 2. The number of piperidine rings is 2. The number of carbonyl (C=O) groups is 1. The topological polar surface area (TPSA) is 43.5 Å². The second-order valence-electron chi connectivity index (χ2n) is 12.2. The average Bonchev–Trinajstić information content (AvgIpc) is 2.99. The van der Waals surface area contributed by atoms with E-state index >= 15 is 8.78 Å². The van der Waals surface area contributed by atoms with Gasteiger partial charge in [0.25, 0.3) is 0 Å². The van der Waals surface area contributed by atoms with Gasteiger partial charge in [-0.25, -0.2) is 22.5 Å². The summed E-state index contributed by atoms with van der Waals surface area (Å²) in [5.74, 6) is -5.76. The highest BCUT2D eigenvalue weighted by Crippen LogP contribution is 2.52.